The van der Waals surface area contributed by atoms with Gasteiger partial charge >= 0.3 is 0 Å². The average molecular weight is 1670 g/mol. The van der Waals surface area contributed by atoms with Gasteiger partial charge in [0, 0.05) is 82.4 Å². The van der Waals surface area contributed by atoms with Gasteiger partial charge in [0.2, 0.25) is 0 Å². The third kappa shape index (κ3) is 19.8. The number of nitrogens with zero attached hydrogens (tertiary/aromatic N) is 4. The molecule has 4 aromatic heterocycles. The van der Waals surface area contributed by atoms with Crippen molar-refractivity contribution in [3.8, 4) is 11.6 Å². The Kier molecular flexibility index (Phi) is 31.4. The van der Waals surface area contributed by atoms with Gasteiger partial charge in [0.1, 0.15) is 23.3 Å². The number of aryl methyl sites for hydroxylation is 4. The van der Waals surface area contributed by atoms with Crippen LogP contribution in [0.5, 0.6) is 11.6 Å². The van der Waals surface area contributed by atoms with Crippen LogP contribution in [0.4, 0.5) is 0 Å². The number of hydrogen-bond donors (Lipinski definition) is 8. The number of pyridine rings is 1. The molecule has 10 aliphatic rings. The largest absolute Gasteiger partial charge is 0.468 e. The quantitative estimate of drug-likeness (QED) is 0.0201. The molecular formula is C108H145N7O8. The normalized spacial score (nSPS) is 25.9. The van der Waals surface area contributed by atoms with Crippen LogP contribution in [0, 0.1) is 73.0 Å². The maximum absolute atomic E-state index is 9.71. The molecule has 15 nitrogen and oxygen atoms in total. The summed E-state index contributed by atoms with van der Waals surface area (Å²) in [4.78, 5) is 22.0. The molecule has 15 heteroatoms. The minimum atomic E-state index is -0.0701. The topological polar surface area (TPSA) is 252 Å². The lowest BCUT2D eigenvalue weighted by atomic mass is 9.65. The first-order valence-electron chi connectivity index (χ1n) is 46.5. The van der Waals surface area contributed by atoms with E-state index in [9.17, 15) is 25.5 Å². The smallest absolute Gasteiger partial charge is 0.258 e. The standard InChI is InChI=1S/C23H30O.C22H25N3O2.C22H26O2.C20H35N3.C20H25NO3.CH4/c1-5-17-9-15(3)10-19-14-23-21(16(4)7-8-24)12-18(6-2)22(23)13-20(19)11-17;1-4-19-20-17(9-23-19)8-18-12(2)24-13(3)25-22(18)21(20)16-6-14(10-26)5-15(7-16)11-27;1-4-14-9-13(3)17-11-18(14)19-10-15(5-2)16(7-6-8-23)22-21(19)20(17)12-24-22;1-4-15-7-12(2)5-6-16(15)18-8-13(3)17-9-14(10-19(17)18)11-23-20(21)22;1-5-14-10-16(12(3)7-8-22)19-17(14)11-18-20(21-19)23-13(4)9-15(6-2)24-18;/h7,9,12-15,21,24H,5-6,8,10-11H2,1-4H3;5-7,9,21,23,26-27H,4,8,10-11H2,1-3H3;6-7,9-10,12-13,17-18,23H,4-5,8,11H2,1-3H3;5-6,12-19H,4,7-11H2,1-3H3,(H4,21,22,23);7,9-11,13,16,22H,5-6,8H2,1-4H3;1H4/b16-7-;;7-6-;;12-7-;/t15-,21+;21-;13-,17?,18?;12-,13+,14-,15-,16?,17?,18+,19?;13-,16+;/m00000./s1. The Morgan fingerprint density at radius 3 is 2.01 bits per heavy atom. The molecule has 0 radical (unpaired) electrons. The van der Waals surface area contributed by atoms with Crippen molar-refractivity contribution in [2.75, 3.05) is 26.4 Å². The second-order valence-electron chi connectivity index (χ2n) is 36.8. The minimum absolute atomic E-state index is 0. The van der Waals surface area contributed by atoms with Crippen LogP contribution in [-0.4, -0.2) is 83.9 Å². The number of nitrogens with two attached hydrogens (primary N) is 2. The number of aliphatic imine (C=N–C) groups is 1. The van der Waals surface area contributed by atoms with Gasteiger partial charge in [-0.25, -0.2) is 15.0 Å². The number of nitrogens with one attached hydrogen (secondary N) is 1. The number of fused-ring (bicyclic) bond motifs is 11. The van der Waals surface area contributed by atoms with Crippen molar-refractivity contribution in [3.63, 3.8) is 0 Å². The highest BCUT2D eigenvalue weighted by Crippen LogP contribution is 2.59. The van der Waals surface area contributed by atoms with Crippen LogP contribution in [-0.2, 0) is 45.3 Å². The van der Waals surface area contributed by atoms with E-state index in [1.807, 2.05) is 82.5 Å². The summed E-state index contributed by atoms with van der Waals surface area (Å²) in [6.07, 6.45) is 46.5. The van der Waals surface area contributed by atoms with Crippen molar-refractivity contribution in [1.82, 2.24) is 19.9 Å². The molecule has 123 heavy (non-hydrogen) atoms. The fourth-order valence-corrected chi connectivity index (χ4v) is 22.8. The van der Waals surface area contributed by atoms with E-state index in [1.54, 1.807) is 11.1 Å². The molecule has 2 saturated carbocycles. The molecule has 5 heterocycles. The molecule has 10 N–H and O–H groups in total. The highest BCUT2D eigenvalue weighted by atomic mass is 16.5. The molecular weight excluding hydrogens is 1520 g/mol. The molecule has 0 amide bonds. The first kappa shape index (κ1) is 93.2. The van der Waals surface area contributed by atoms with E-state index in [1.165, 1.54) is 122 Å². The Bertz CT molecular complexity index is 5090. The van der Waals surface area contributed by atoms with Crippen molar-refractivity contribution in [3.05, 3.63) is 256 Å². The summed E-state index contributed by atoms with van der Waals surface area (Å²) >= 11 is 0. The highest BCUT2D eigenvalue weighted by molar-refractivity contribution is 5.95. The number of aromatic nitrogens is 4. The van der Waals surface area contributed by atoms with Crippen molar-refractivity contribution >= 4 is 34.2 Å². The van der Waals surface area contributed by atoms with Gasteiger partial charge in [-0.3, -0.25) is 4.99 Å². The summed E-state index contributed by atoms with van der Waals surface area (Å²) in [5.41, 5.74) is 43.4. The van der Waals surface area contributed by atoms with Gasteiger partial charge in [0.25, 0.3) is 5.88 Å². The number of hydrogen-bond acceptors (Lipinski definition) is 12. The van der Waals surface area contributed by atoms with Crippen LogP contribution >= 0.6 is 0 Å². The summed E-state index contributed by atoms with van der Waals surface area (Å²) in [5.74, 6) is 12.6. The SMILES string of the molecule is C.CCC1=C[C@H](C)C2CC1c1cc(CC)c(/C=C\CO)c3occ2c13.CCC1=C[C@H](C)Cc2cc3c(cc2C1)C(CC)=C[C@@H]3/C(C)=C\CO.CCC1=C[C@H](C)Oc2nc3c(cc2O1)C(CC)=C[C@@H]3/C(C)=C\CO.CC[C@H]1C[C@@H](C)C=CC1[C@H]1C[C@@H](C)C2C[C@H](CN=C(N)N)CC21.CCc1[nH]cc2c1[C@H](c1cc(CO)cc(CO)c1)c1nc(C)nc(C)c1C2. The van der Waals surface area contributed by atoms with Crippen LogP contribution in [0.1, 0.15) is 324 Å². The van der Waals surface area contributed by atoms with Crippen molar-refractivity contribution < 1.29 is 39.4 Å². The van der Waals surface area contributed by atoms with Gasteiger partial charge in [0.15, 0.2) is 11.7 Å². The first-order valence-corrected chi connectivity index (χ1v) is 46.5. The molecule has 9 aliphatic carbocycles. The summed E-state index contributed by atoms with van der Waals surface area (Å²) in [6.45, 7) is 38.4. The van der Waals surface area contributed by atoms with E-state index in [4.69, 9.17) is 35.3 Å². The molecule has 2 fully saturated rings. The number of benzene rings is 3. The summed E-state index contributed by atoms with van der Waals surface area (Å²) in [6, 6.07) is 15.3. The zero-order chi connectivity index (χ0) is 87.1. The van der Waals surface area contributed by atoms with Gasteiger partial charge < -0.3 is 55.9 Å². The van der Waals surface area contributed by atoms with Gasteiger partial charge in [-0.15, -0.1) is 0 Å². The molecule has 0 saturated heterocycles. The predicted molar refractivity (Wildman–Crippen MR) is 506 cm³/mol. The predicted octanol–water partition coefficient (Wildman–Crippen LogP) is 23.0. The zero-order valence-corrected chi connectivity index (χ0v) is 76.2. The number of guanidine groups is 1. The van der Waals surface area contributed by atoms with E-state index in [-0.39, 0.29) is 64.4 Å². The van der Waals surface area contributed by atoms with E-state index >= 15 is 0 Å². The number of H-pyrrole nitrogens is 1. The molecule has 16 atom stereocenters. The zero-order valence-electron chi connectivity index (χ0n) is 76.2. The Labute approximate surface area is 735 Å². The number of aliphatic hydroxyl groups excluding tert-OH is 5. The van der Waals surface area contributed by atoms with E-state index in [0.29, 0.717) is 47.1 Å². The molecule has 660 valence electrons. The Morgan fingerprint density at radius 2 is 1.35 bits per heavy atom. The summed E-state index contributed by atoms with van der Waals surface area (Å²) in [7, 11) is 0. The average Bonchev–Trinajstić information content (AvgIpc) is 1.61. The summed E-state index contributed by atoms with van der Waals surface area (Å²) < 4.78 is 18.1. The third-order valence-corrected chi connectivity index (χ3v) is 28.9. The Morgan fingerprint density at radius 1 is 0.634 bits per heavy atom. The van der Waals surface area contributed by atoms with Crippen LogP contribution in [0.2, 0.25) is 0 Å². The fraction of sp³-hybridized carbons (Fsp3) is 0.519. The minimum Gasteiger partial charge on any atom is -0.468 e. The van der Waals surface area contributed by atoms with E-state index < -0.39 is 0 Å². The number of ether oxygens (including phenoxy) is 2. The highest BCUT2D eigenvalue weighted by Gasteiger charge is 2.50. The maximum atomic E-state index is 9.71. The monoisotopic (exact) mass is 1670 g/mol. The third-order valence-electron chi connectivity index (χ3n) is 28.9. The van der Waals surface area contributed by atoms with Gasteiger partial charge in [-0.05, 0) is 268 Å². The Hall–Kier alpha value is -8.96. The molecule has 0 spiro atoms. The Balaban J connectivity index is 0.000000140. The van der Waals surface area contributed by atoms with E-state index in [2.05, 4.69) is 172 Å². The number of allylic oxidation sites excluding steroid dienone is 13. The molecule has 5 unspecified atom stereocenters. The van der Waals surface area contributed by atoms with Gasteiger partial charge in [-0.2, -0.15) is 0 Å². The number of aliphatic hydroxyl groups is 5. The van der Waals surface area contributed by atoms with Crippen LogP contribution in [0.15, 0.2) is 153 Å². The lowest BCUT2D eigenvalue weighted by molar-refractivity contribution is 0.182. The second-order valence-corrected chi connectivity index (χ2v) is 36.8. The van der Waals surface area contributed by atoms with Gasteiger partial charge in [0.05, 0.1) is 56.6 Å². The molecule has 1 aliphatic heterocycles. The van der Waals surface area contributed by atoms with Crippen LogP contribution < -0.4 is 20.9 Å². The molecule has 3 aromatic carbocycles. The van der Waals surface area contributed by atoms with Crippen molar-refractivity contribution in [2.24, 2.45) is 75.6 Å². The lowest BCUT2D eigenvalue weighted by Crippen LogP contribution is -2.29. The molecule has 2 bridgehead atoms. The lowest BCUT2D eigenvalue weighted by Gasteiger charge is -2.38. The number of aromatic amines is 1. The second kappa shape index (κ2) is 41.4. The van der Waals surface area contributed by atoms with Crippen molar-refractivity contribution in [2.45, 2.75) is 277 Å². The van der Waals surface area contributed by atoms with Crippen LogP contribution in [0.3, 0.4) is 0 Å². The summed E-state index contributed by atoms with van der Waals surface area (Å²) in [5, 5.41) is 48.4. The van der Waals surface area contributed by atoms with Crippen molar-refractivity contribution in [1.29, 1.82) is 0 Å². The first-order chi connectivity index (χ1) is 58.9. The number of rotatable bonds is 20. The van der Waals surface area contributed by atoms with Crippen LogP contribution in [0.25, 0.3) is 28.2 Å². The molecule has 17 rings (SSSR count). The maximum Gasteiger partial charge on any atom is 0.258 e. The molecule has 7 aromatic rings. The van der Waals surface area contributed by atoms with Gasteiger partial charge in [-0.1, -0.05) is 216 Å². The number of furan rings is 1. The fourth-order valence-electron chi connectivity index (χ4n) is 22.8. The van der Waals surface area contributed by atoms with E-state index in [0.717, 1.165) is 180 Å².